The average molecular weight is 392 g/mol. The Morgan fingerprint density at radius 3 is 2.55 bits per heavy atom. The molecule has 3 aromatic rings. The van der Waals surface area contributed by atoms with Gasteiger partial charge < -0.3 is 9.30 Å². The molecular formula is C25H33N3O. The summed E-state index contributed by atoms with van der Waals surface area (Å²) in [7, 11) is 0. The number of benzene rings is 2. The molecule has 1 fully saturated rings. The third kappa shape index (κ3) is 4.48. The maximum atomic E-state index is 6.18. The van der Waals surface area contributed by atoms with Crippen LogP contribution in [0.4, 0.5) is 0 Å². The third-order valence-electron chi connectivity index (χ3n) is 6.16. The monoisotopic (exact) mass is 391 g/mol. The predicted octanol–water partition coefficient (Wildman–Crippen LogP) is 5.67. The van der Waals surface area contributed by atoms with E-state index in [1.807, 2.05) is 0 Å². The summed E-state index contributed by atoms with van der Waals surface area (Å²) in [5.41, 5.74) is 4.70. The molecule has 0 N–H and O–H groups in total. The predicted molar refractivity (Wildman–Crippen MR) is 120 cm³/mol. The maximum absolute atomic E-state index is 6.18. The van der Waals surface area contributed by atoms with Crippen molar-refractivity contribution in [3.63, 3.8) is 0 Å². The van der Waals surface area contributed by atoms with Gasteiger partial charge in [0, 0.05) is 0 Å². The van der Waals surface area contributed by atoms with Gasteiger partial charge in [-0.1, -0.05) is 37.1 Å². The number of hydrogen-bond donors (Lipinski definition) is 0. The molecule has 4 heteroatoms. The molecule has 0 aliphatic carbocycles. The molecule has 1 aromatic heterocycles. The second-order valence-electron chi connectivity index (χ2n) is 8.35. The molecule has 2 heterocycles. The highest BCUT2D eigenvalue weighted by molar-refractivity contribution is 5.76. The average Bonchev–Trinajstić information content (AvgIpc) is 2.89. The molecule has 0 saturated carbocycles. The van der Waals surface area contributed by atoms with Gasteiger partial charge in [-0.2, -0.15) is 0 Å². The Labute approximate surface area is 174 Å². The highest BCUT2D eigenvalue weighted by atomic mass is 16.5. The van der Waals surface area contributed by atoms with Gasteiger partial charge in [0.1, 0.15) is 18.2 Å². The van der Waals surface area contributed by atoms with Gasteiger partial charge in [0.05, 0.1) is 23.6 Å². The maximum Gasteiger partial charge on any atom is 0.127 e. The number of aryl methyl sites for hydroxylation is 2. The Hall–Kier alpha value is -2.33. The highest BCUT2D eigenvalue weighted by Gasteiger charge is 2.23. The third-order valence-corrected chi connectivity index (χ3v) is 6.16. The van der Waals surface area contributed by atoms with Crippen molar-refractivity contribution >= 4 is 11.0 Å². The first-order chi connectivity index (χ1) is 14.1. The summed E-state index contributed by atoms with van der Waals surface area (Å²) < 4.78 is 8.55. The van der Waals surface area contributed by atoms with Gasteiger partial charge in [-0.3, -0.25) is 4.90 Å². The quantitative estimate of drug-likeness (QED) is 0.542. The lowest BCUT2D eigenvalue weighted by Gasteiger charge is -2.27. The summed E-state index contributed by atoms with van der Waals surface area (Å²) in [6, 6.07) is 15.2. The van der Waals surface area contributed by atoms with Crippen LogP contribution in [0.1, 0.15) is 55.6 Å². The van der Waals surface area contributed by atoms with Crippen molar-refractivity contribution in [2.24, 2.45) is 0 Å². The summed E-state index contributed by atoms with van der Waals surface area (Å²) in [4.78, 5) is 7.65. The Morgan fingerprint density at radius 1 is 1.00 bits per heavy atom. The van der Waals surface area contributed by atoms with Gasteiger partial charge in [-0.15, -0.1) is 0 Å². The SMILES string of the molecule is Cc1ccc(C)c(OCCn2c(C(C)N3CCCCCC3)nc3ccccc32)c1. The molecule has 0 spiro atoms. The molecule has 0 bridgehead atoms. The van der Waals surface area contributed by atoms with Crippen LogP contribution < -0.4 is 4.74 Å². The van der Waals surface area contributed by atoms with Gasteiger partial charge in [-0.05, 0) is 76.0 Å². The van der Waals surface area contributed by atoms with Crippen molar-refractivity contribution < 1.29 is 4.74 Å². The van der Waals surface area contributed by atoms with Gasteiger partial charge in [-0.25, -0.2) is 4.98 Å². The Kier molecular flexibility index (Phi) is 6.19. The van der Waals surface area contributed by atoms with Crippen LogP contribution >= 0.6 is 0 Å². The summed E-state index contributed by atoms with van der Waals surface area (Å²) in [5, 5.41) is 0. The molecule has 0 radical (unpaired) electrons. The zero-order valence-corrected chi connectivity index (χ0v) is 18.0. The summed E-state index contributed by atoms with van der Waals surface area (Å²) >= 11 is 0. The second-order valence-corrected chi connectivity index (χ2v) is 8.35. The normalized spacial score (nSPS) is 16.7. The van der Waals surface area contributed by atoms with E-state index in [-0.39, 0.29) is 0 Å². The van der Waals surface area contributed by atoms with Crippen molar-refractivity contribution in [3.05, 3.63) is 59.4 Å². The van der Waals surface area contributed by atoms with E-state index in [1.54, 1.807) is 0 Å². The molecule has 1 aliphatic heterocycles. The van der Waals surface area contributed by atoms with Crippen molar-refractivity contribution in [2.45, 2.75) is 59.0 Å². The first-order valence-corrected chi connectivity index (χ1v) is 11.0. The Morgan fingerprint density at radius 2 is 1.76 bits per heavy atom. The van der Waals surface area contributed by atoms with E-state index in [0.717, 1.165) is 23.6 Å². The number of likely N-dealkylation sites (tertiary alicyclic amines) is 1. The van der Waals surface area contributed by atoms with Crippen LogP contribution in [0.3, 0.4) is 0 Å². The first-order valence-electron chi connectivity index (χ1n) is 11.0. The van der Waals surface area contributed by atoms with E-state index in [4.69, 9.17) is 9.72 Å². The zero-order valence-electron chi connectivity index (χ0n) is 18.0. The summed E-state index contributed by atoms with van der Waals surface area (Å²) in [6.07, 6.45) is 5.28. The van der Waals surface area contributed by atoms with Gasteiger partial charge in [0.25, 0.3) is 0 Å². The zero-order chi connectivity index (χ0) is 20.2. The minimum atomic E-state index is 0.321. The smallest absolute Gasteiger partial charge is 0.127 e. The largest absolute Gasteiger partial charge is 0.491 e. The van der Waals surface area contributed by atoms with Crippen molar-refractivity contribution in [3.8, 4) is 5.75 Å². The molecule has 4 rings (SSSR count). The number of ether oxygens (including phenoxy) is 1. The lowest BCUT2D eigenvalue weighted by Crippen LogP contribution is -2.30. The summed E-state index contributed by atoms with van der Waals surface area (Å²) in [5.74, 6) is 2.15. The summed E-state index contributed by atoms with van der Waals surface area (Å²) in [6.45, 7) is 10.3. The fourth-order valence-corrected chi connectivity index (χ4v) is 4.40. The highest BCUT2D eigenvalue weighted by Crippen LogP contribution is 2.27. The number of para-hydroxylation sites is 2. The molecule has 2 aromatic carbocycles. The molecule has 4 nitrogen and oxygen atoms in total. The Balaban J connectivity index is 1.57. The molecule has 1 unspecified atom stereocenters. The fourth-order valence-electron chi connectivity index (χ4n) is 4.40. The molecule has 29 heavy (non-hydrogen) atoms. The number of rotatable bonds is 6. The molecule has 1 atom stereocenters. The minimum absolute atomic E-state index is 0.321. The molecule has 1 saturated heterocycles. The number of fused-ring (bicyclic) bond motifs is 1. The number of aromatic nitrogens is 2. The van der Waals surface area contributed by atoms with E-state index >= 15 is 0 Å². The molecule has 0 amide bonds. The Bertz CT molecular complexity index is 954. The van der Waals surface area contributed by atoms with E-state index in [9.17, 15) is 0 Å². The van der Waals surface area contributed by atoms with Gasteiger partial charge in [0.2, 0.25) is 0 Å². The van der Waals surface area contributed by atoms with E-state index in [2.05, 4.69) is 72.7 Å². The molecule has 154 valence electrons. The molecular weight excluding hydrogens is 358 g/mol. The number of nitrogens with zero attached hydrogens (tertiary/aromatic N) is 3. The van der Waals surface area contributed by atoms with E-state index in [0.29, 0.717) is 12.6 Å². The lowest BCUT2D eigenvalue weighted by atomic mass is 10.1. The van der Waals surface area contributed by atoms with Crippen molar-refractivity contribution in [2.75, 3.05) is 19.7 Å². The van der Waals surface area contributed by atoms with Crippen LogP contribution in [0.25, 0.3) is 11.0 Å². The van der Waals surface area contributed by atoms with Crippen LogP contribution in [0, 0.1) is 13.8 Å². The van der Waals surface area contributed by atoms with Gasteiger partial charge in [0.15, 0.2) is 0 Å². The molecule has 1 aliphatic rings. The van der Waals surface area contributed by atoms with E-state index in [1.165, 1.54) is 55.4 Å². The first kappa shape index (κ1) is 20.0. The van der Waals surface area contributed by atoms with Crippen molar-refractivity contribution in [1.29, 1.82) is 0 Å². The fraction of sp³-hybridized carbons (Fsp3) is 0.480. The van der Waals surface area contributed by atoms with Crippen molar-refractivity contribution in [1.82, 2.24) is 14.5 Å². The van der Waals surface area contributed by atoms with Crippen LogP contribution in [-0.4, -0.2) is 34.1 Å². The topological polar surface area (TPSA) is 30.3 Å². The number of imidazole rings is 1. The standard InChI is InChI=1S/C25H33N3O/c1-19-12-13-20(2)24(18-19)29-17-16-28-23-11-7-6-10-22(23)26-25(28)21(3)27-14-8-4-5-9-15-27/h6-7,10-13,18,21H,4-5,8-9,14-17H2,1-3H3. The second kappa shape index (κ2) is 9.00. The van der Waals surface area contributed by atoms with Crippen LogP contribution in [0.2, 0.25) is 0 Å². The van der Waals surface area contributed by atoms with Crippen LogP contribution in [-0.2, 0) is 6.54 Å². The van der Waals surface area contributed by atoms with E-state index < -0.39 is 0 Å². The van der Waals surface area contributed by atoms with Crippen LogP contribution in [0.15, 0.2) is 42.5 Å². The minimum Gasteiger partial charge on any atom is -0.491 e. The van der Waals surface area contributed by atoms with Crippen LogP contribution in [0.5, 0.6) is 5.75 Å². The number of hydrogen-bond acceptors (Lipinski definition) is 3. The van der Waals surface area contributed by atoms with Gasteiger partial charge >= 0.3 is 0 Å². The lowest BCUT2D eigenvalue weighted by molar-refractivity contribution is 0.204.